The van der Waals surface area contributed by atoms with E-state index in [0.717, 1.165) is 5.39 Å². The fourth-order valence-electron chi connectivity index (χ4n) is 2.47. The Labute approximate surface area is 149 Å². The zero-order valence-corrected chi connectivity index (χ0v) is 14.0. The van der Waals surface area contributed by atoms with Gasteiger partial charge in [0, 0.05) is 23.1 Å². The predicted octanol–water partition coefficient (Wildman–Crippen LogP) is 3.18. The zero-order chi connectivity index (χ0) is 18.5. The maximum Gasteiger partial charge on any atom is 0.325 e. The Kier molecular flexibility index (Phi) is 5.02. The number of nitro groups is 1. The molecule has 1 aromatic heterocycles. The first-order valence-electron chi connectivity index (χ1n) is 7.99. The highest BCUT2D eigenvalue weighted by molar-refractivity contribution is 5.91. The quantitative estimate of drug-likeness (QED) is 0.412. The molecule has 8 nitrogen and oxygen atoms in total. The maximum atomic E-state index is 11.6. The number of hydrogen-bond acceptors (Lipinski definition) is 7. The minimum Gasteiger partial charge on any atom is -0.465 e. The normalized spacial score (nSPS) is 10.5. The summed E-state index contributed by atoms with van der Waals surface area (Å²) in [6.45, 7) is 1.99. The number of nitrogens with one attached hydrogen (secondary N) is 1. The van der Waals surface area contributed by atoms with Gasteiger partial charge in [-0.25, -0.2) is 9.97 Å². The van der Waals surface area contributed by atoms with E-state index >= 15 is 0 Å². The molecule has 1 heterocycles. The molecule has 0 aliphatic heterocycles. The third-order valence-corrected chi connectivity index (χ3v) is 3.62. The van der Waals surface area contributed by atoms with E-state index in [2.05, 4.69) is 15.3 Å². The fourth-order valence-corrected chi connectivity index (χ4v) is 2.47. The molecule has 0 spiro atoms. The standard InChI is InChI=1S/C18H16N4O4/c1-2-26-16(23)11-19-18-14-8-3-4-9-15(14)20-17(21-18)12-6-5-7-13(10-12)22(24)25/h3-10H,2,11H2,1H3,(H,19,20,21). The monoisotopic (exact) mass is 352 g/mol. The number of nitrogens with zero attached hydrogens (tertiary/aromatic N) is 3. The molecule has 0 fully saturated rings. The van der Waals surface area contributed by atoms with Gasteiger partial charge >= 0.3 is 5.97 Å². The molecule has 0 aliphatic rings. The highest BCUT2D eigenvalue weighted by Gasteiger charge is 2.13. The van der Waals surface area contributed by atoms with Gasteiger partial charge in [0.1, 0.15) is 12.4 Å². The van der Waals surface area contributed by atoms with Gasteiger partial charge in [0.2, 0.25) is 0 Å². The minimum absolute atomic E-state index is 0.0385. The molecule has 3 aromatic rings. The van der Waals surface area contributed by atoms with Crippen LogP contribution in [0, 0.1) is 10.1 Å². The van der Waals surface area contributed by atoms with E-state index in [9.17, 15) is 14.9 Å². The Morgan fingerprint density at radius 3 is 2.77 bits per heavy atom. The van der Waals surface area contributed by atoms with E-state index in [1.165, 1.54) is 12.1 Å². The lowest BCUT2D eigenvalue weighted by Crippen LogP contribution is -2.17. The number of aromatic nitrogens is 2. The van der Waals surface area contributed by atoms with Crippen molar-refractivity contribution in [3.05, 3.63) is 58.6 Å². The number of carbonyl (C=O) groups is 1. The number of nitro benzene ring substituents is 1. The van der Waals surface area contributed by atoms with Crippen LogP contribution in [0.3, 0.4) is 0 Å². The van der Waals surface area contributed by atoms with Crippen LogP contribution in [0.4, 0.5) is 11.5 Å². The van der Waals surface area contributed by atoms with Crippen LogP contribution in [0.15, 0.2) is 48.5 Å². The second kappa shape index (κ2) is 7.56. The van der Waals surface area contributed by atoms with E-state index in [0.29, 0.717) is 29.3 Å². The summed E-state index contributed by atoms with van der Waals surface area (Å²) in [4.78, 5) is 31.1. The molecule has 0 amide bonds. The van der Waals surface area contributed by atoms with E-state index < -0.39 is 10.9 Å². The Morgan fingerprint density at radius 1 is 1.19 bits per heavy atom. The van der Waals surface area contributed by atoms with Crippen LogP contribution in [0.2, 0.25) is 0 Å². The second-order valence-corrected chi connectivity index (χ2v) is 5.38. The smallest absolute Gasteiger partial charge is 0.325 e. The zero-order valence-electron chi connectivity index (χ0n) is 14.0. The number of ether oxygens (including phenoxy) is 1. The second-order valence-electron chi connectivity index (χ2n) is 5.38. The summed E-state index contributed by atoms with van der Waals surface area (Å²) in [7, 11) is 0. The van der Waals surface area contributed by atoms with Crippen molar-refractivity contribution >= 4 is 28.4 Å². The van der Waals surface area contributed by atoms with Crippen LogP contribution in [-0.2, 0) is 9.53 Å². The molecule has 0 aliphatic carbocycles. The van der Waals surface area contributed by atoms with Gasteiger partial charge in [0.25, 0.3) is 5.69 Å². The largest absolute Gasteiger partial charge is 0.465 e. The van der Waals surface area contributed by atoms with Crippen LogP contribution in [0.25, 0.3) is 22.3 Å². The average Bonchev–Trinajstić information content (AvgIpc) is 2.66. The van der Waals surface area contributed by atoms with Crippen molar-refractivity contribution in [1.82, 2.24) is 9.97 Å². The van der Waals surface area contributed by atoms with Crippen molar-refractivity contribution < 1.29 is 14.5 Å². The van der Waals surface area contributed by atoms with E-state index in [1.807, 2.05) is 24.3 Å². The first-order chi connectivity index (χ1) is 12.6. The molecule has 0 radical (unpaired) electrons. The van der Waals surface area contributed by atoms with Gasteiger partial charge in [-0.3, -0.25) is 14.9 Å². The average molecular weight is 352 g/mol. The van der Waals surface area contributed by atoms with Gasteiger partial charge in [-0.15, -0.1) is 0 Å². The molecular weight excluding hydrogens is 336 g/mol. The van der Waals surface area contributed by atoms with Crippen LogP contribution < -0.4 is 5.32 Å². The predicted molar refractivity (Wildman–Crippen MR) is 96.8 cm³/mol. The van der Waals surface area contributed by atoms with Gasteiger partial charge in [-0.2, -0.15) is 0 Å². The summed E-state index contributed by atoms with van der Waals surface area (Å²) in [5.41, 5.74) is 1.14. The molecule has 26 heavy (non-hydrogen) atoms. The van der Waals surface area contributed by atoms with Crippen molar-refractivity contribution in [2.45, 2.75) is 6.92 Å². The number of non-ortho nitro benzene ring substituents is 1. The molecule has 0 unspecified atom stereocenters. The summed E-state index contributed by atoms with van der Waals surface area (Å²) in [5, 5.41) is 14.7. The molecular formula is C18H16N4O4. The number of esters is 1. The number of fused-ring (bicyclic) bond motifs is 1. The van der Waals surface area contributed by atoms with E-state index in [1.54, 1.807) is 19.1 Å². The molecule has 0 saturated heterocycles. The van der Waals surface area contributed by atoms with Crippen molar-refractivity contribution in [3.8, 4) is 11.4 Å². The molecule has 0 bridgehead atoms. The first-order valence-corrected chi connectivity index (χ1v) is 7.99. The lowest BCUT2D eigenvalue weighted by atomic mass is 10.1. The fraction of sp³-hybridized carbons (Fsp3) is 0.167. The summed E-state index contributed by atoms with van der Waals surface area (Å²) >= 11 is 0. The molecule has 0 saturated carbocycles. The van der Waals surface area contributed by atoms with E-state index in [4.69, 9.17) is 4.74 Å². The molecule has 1 N–H and O–H groups in total. The maximum absolute atomic E-state index is 11.6. The number of anilines is 1. The number of benzene rings is 2. The Hall–Kier alpha value is -3.55. The number of carbonyl (C=O) groups excluding carboxylic acids is 1. The highest BCUT2D eigenvalue weighted by atomic mass is 16.6. The number of hydrogen-bond donors (Lipinski definition) is 1. The van der Waals surface area contributed by atoms with Crippen molar-refractivity contribution in [3.63, 3.8) is 0 Å². The Balaban J connectivity index is 2.03. The van der Waals surface area contributed by atoms with Crippen LogP contribution in [0.1, 0.15) is 6.92 Å². The van der Waals surface area contributed by atoms with Crippen LogP contribution >= 0.6 is 0 Å². The molecule has 3 rings (SSSR count). The van der Waals surface area contributed by atoms with Gasteiger partial charge < -0.3 is 10.1 Å². The molecule has 2 aromatic carbocycles. The SMILES string of the molecule is CCOC(=O)CNc1nc(-c2cccc([N+](=O)[O-])c2)nc2ccccc12. The van der Waals surface area contributed by atoms with Gasteiger partial charge in [0.05, 0.1) is 17.0 Å². The summed E-state index contributed by atoms with van der Waals surface area (Å²) in [5.74, 6) is 0.399. The minimum atomic E-state index is -0.468. The Bertz CT molecular complexity index is 974. The summed E-state index contributed by atoms with van der Waals surface area (Å²) < 4.78 is 4.91. The van der Waals surface area contributed by atoms with Crippen molar-refractivity contribution in [2.75, 3.05) is 18.5 Å². The van der Waals surface area contributed by atoms with Gasteiger partial charge in [-0.05, 0) is 19.1 Å². The van der Waals surface area contributed by atoms with Gasteiger partial charge in [0.15, 0.2) is 5.82 Å². The van der Waals surface area contributed by atoms with Crippen LogP contribution in [0.5, 0.6) is 0 Å². The van der Waals surface area contributed by atoms with Crippen LogP contribution in [-0.4, -0.2) is 34.0 Å². The Morgan fingerprint density at radius 2 is 2.00 bits per heavy atom. The van der Waals surface area contributed by atoms with Crippen molar-refractivity contribution in [2.24, 2.45) is 0 Å². The molecule has 0 atom stereocenters. The summed E-state index contributed by atoms with van der Waals surface area (Å²) in [6, 6.07) is 13.4. The third kappa shape index (κ3) is 3.75. The van der Waals surface area contributed by atoms with E-state index in [-0.39, 0.29) is 12.2 Å². The highest BCUT2D eigenvalue weighted by Crippen LogP contribution is 2.26. The van der Waals surface area contributed by atoms with Gasteiger partial charge in [-0.1, -0.05) is 24.3 Å². The molecule has 132 valence electrons. The van der Waals surface area contributed by atoms with Crippen molar-refractivity contribution in [1.29, 1.82) is 0 Å². The summed E-state index contributed by atoms with van der Waals surface area (Å²) in [6.07, 6.45) is 0. The molecule has 8 heteroatoms. The topological polar surface area (TPSA) is 107 Å². The lowest BCUT2D eigenvalue weighted by Gasteiger charge is -2.10. The number of rotatable bonds is 6. The number of para-hydroxylation sites is 1. The first kappa shape index (κ1) is 17.3. The lowest BCUT2D eigenvalue weighted by molar-refractivity contribution is -0.384. The third-order valence-electron chi connectivity index (χ3n) is 3.62.